The average molecular weight is 348 g/mol. The summed E-state index contributed by atoms with van der Waals surface area (Å²) in [7, 11) is 0. The summed E-state index contributed by atoms with van der Waals surface area (Å²) in [6.07, 6.45) is 2.31. The Bertz CT molecular complexity index is 605. The molecule has 1 nitrogen and oxygen atoms in total. The lowest BCUT2D eigenvalue weighted by Gasteiger charge is -2.38. The van der Waals surface area contributed by atoms with Crippen LogP contribution >= 0.6 is 15.9 Å². The monoisotopic (exact) mass is 347 g/mol. The zero-order valence-corrected chi connectivity index (χ0v) is 13.6. The molecule has 0 aromatic heterocycles. The quantitative estimate of drug-likeness (QED) is 0.802. The number of hydrogen-bond acceptors (Lipinski definition) is 1. The zero-order valence-electron chi connectivity index (χ0n) is 12.0. The minimum Gasteiger partial charge on any atom is -0.307 e. The van der Waals surface area contributed by atoms with Crippen molar-refractivity contribution in [1.82, 2.24) is 5.32 Å². The summed E-state index contributed by atoms with van der Waals surface area (Å²) >= 11 is 3.47. The molecule has 1 atom stereocenters. The van der Waals surface area contributed by atoms with E-state index in [1.807, 2.05) is 6.07 Å². The third kappa shape index (κ3) is 3.53. The van der Waals surface area contributed by atoms with E-state index < -0.39 is 0 Å². The molecule has 1 saturated carbocycles. The van der Waals surface area contributed by atoms with Gasteiger partial charge in [0.05, 0.1) is 0 Å². The molecule has 0 aliphatic heterocycles. The highest BCUT2D eigenvalue weighted by Gasteiger charge is 2.31. The fourth-order valence-electron chi connectivity index (χ4n) is 2.99. The number of nitrogens with one attached hydrogen (secondary N) is 1. The van der Waals surface area contributed by atoms with E-state index in [1.54, 1.807) is 12.1 Å². The first kappa shape index (κ1) is 14.7. The van der Waals surface area contributed by atoms with Crippen LogP contribution in [0.15, 0.2) is 53.0 Å². The highest BCUT2D eigenvalue weighted by molar-refractivity contribution is 9.10. The maximum Gasteiger partial charge on any atom is 0.123 e. The number of halogens is 2. The summed E-state index contributed by atoms with van der Waals surface area (Å²) in [6, 6.07) is 16.2. The Morgan fingerprint density at radius 3 is 2.52 bits per heavy atom. The summed E-state index contributed by atoms with van der Waals surface area (Å²) in [6.45, 7) is 2.10. The highest BCUT2D eigenvalue weighted by Crippen LogP contribution is 2.38. The molecular formula is C18H19BrFN. The molecule has 2 aromatic carbocycles. The molecule has 1 aliphatic carbocycles. The van der Waals surface area contributed by atoms with Gasteiger partial charge in [-0.15, -0.1) is 0 Å². The summed E-state index contributed by atoms with van der Waals surface area (Å²) < 4.78 is 14.4. The summed E-state index contributed by atoms with van der Waals surface area (Å²) in [4.78, 5) is 0. The van der Waals surface area contributed by atoms with Gasteiger partial charge in [0.1, 0.15) is 5.82 Å². The third-order valence-corrected chi connectivity index (χ3v) is 4.84. The molecule has 0 bridgehead atoms. The van der Waals surface area contributed by atoms with Gasteiger partial charge in [0.25, 0.3) is 0 Å². The molecule has 1 aliphatic rings. The second kappa shape index (κ2) is 6.29. The van der Waals surface area contributed by atoms with E-state index >= 15 is 0 Å². The SMILES string of the molecule is C[C@@H](NC1CC(c2ccc(Br)cc2)C1)c1cccc(F)c1. The van der Waals surface area contributed by atoms with Crippen LogP contribution in [0.5, 0.6) is 0 Å². The lowest BCUT2D eigenvalue weighted by molar-refractivity contribution is 0.270. The first-order chi connectivity index (χ1) is 10.1. The Hall–Kier alpha value is -1.19. The van der Waals surface area contributed by atoms with Crippen LogP contribution in [0.1, 0.15) is 42.9 Å². The normalized spacial score (nSPS) is 22.6. The van der Waals surface area contributed by atoms with Crippen molar-refractivity contribution in [3.8, 4) is 0 Å². The van der Waals surface area contributed by atoms with Crippen LogP contribution in [0, 0.1) is 5.82 Å². The van der Waals surface area contributed by atoms with Crippen LogP contribution in [0.25, 0.3) is 0 Å². The summed E-state index contributed by atoms with van der Waals surface area (Å²) in [5.74, 6) is 0.484. The van der Waals surface area contributed by atoms with Crippen molar-refractivity contribution in [2.75, 3.05) is 0 Å². The van der Waals surface area contributed by atoms with Gasteiger partial charge in [-0.3, -0.25) is 0 Å². The molecule has 0 spiro atoms. The van der Waals surface area contributed by atoms with Crippen molar-refractivity contribution < 1.29 is 4.39 Å². The van der Waals surface area contributed by atoms with E-state index in [0.29, 0.717) is 12.0 Å². The van der Waals surface area contributed by atoms with Crippen LogP contribution < -0.4 is 5.32 Å². The van der Waals surface area contributed by atoms with Crippen LogP contribution in [-0.4, -0.2) is 6.04 Å². The van der Waals surface area contributed by atoms with E-state index in [0.717, 1.165) is 22.9 Å². The molecule has 2 aromatic rings. The molecule has 0 radical (unpaired) electrons. The van der Waals surface area contributed by atoms with Gasteiger partial charge in [-0.2, -0.15) is 0 Å². The standard InChI is InChI=1S/C18H19BrFN/c1-12(14-3-2-4-17(20)9-14)21-18-10-15(11-18)13-5-7-16(19)8-6-13/h2-9,12,15,18,21H,10-11H2,1H3/t12-,15?,18?/m1/s1. The first-order valence-corrected chi connectivity index (χ1v) is 8.18. The van der Waals surface area contributed by atoms with Crippen LogP contribution in [0.3, 0.4) is 0 Å². The Balaban J connectivity index is 1.54. The van der Waals surface area contributed by atoms with Gasteiger partial charge in [-0.25, -0.2) is 4.39 Å². The highest BCUT2D eigenvalue weighted by atomic mass is 79.9. The maximum atomic E-state index is 13.2. The van der Waals surface area contributed by atoms with Gasteiger partial charge in [0.15, 0.2) is 0 Å². The molecular weight excluding hydrogens is 329 g/mol. The molecule has 0 unspecified atom stereocenters. The molecule has 0 amide bonds. The Kier molecular flexibility index (Phi) is 4.41. The molecule has 1 fully saturated rings. The molecule has 0 heterocycles. The molecule has 3 heteroatoms. The third-order valence-electron chi connectivity index (χ3n) is 4.31. The first-order valence-electron chi connectivity index (χ1n) is 7.39. The number of hydrogen-bond donors (Lipinski definition) is 1. The van der Waals surface area contributed by atoms with Gasteiger partial charge in [-0.1, -0.05) is 40.2 Å². The molecule has 1 N–H and O–H groups in total. The van der Waals surface area contributed by atoms with Crippen molar-refractivity contribution >= 4 is 15.9 Å². The maximum absolute atomic E-state index is 13.2. The van der Waals surface area contributed by atoms with Crippen molar-refractivity contribution in [2.45, 2.75) is 37.8 Å². The molecule has 110 valence electrons. The van der Waals surface area contributed by atoms with Crippen molar-refractivity contribution in [3.63, 3.8) is 0 Å². The molecule has 3 rings (SSSR count). The second-order valence-electron chi connectivity index (χ2n) is 5.86. The van der Waals surface area contributed by atoms with Gasteiger partial charge >= 0.3 is 0 Å². The Labute approximate surface area is 133 Å². The van der Waals surface area contributed by atoms with Gasteiger partial charge in [0.2, 0.25) is 0 Å². The van der Waals surface area contributed by atoms with Crippen molar-refractivity contribution in [2.24, 2.45) is 0 Å². The van der Waals surface area contributed by atoms with E-state index in [2.05, 4.69) is 52.4 Å². The van der Waals surface area contributed by atoms with Crippen molar-refractivity contribution in [1.29, 1.82) is 0 Å². The van der Waals surface area contributed by atoms with E-state index in [9.17, 15) is 4.39 Å². The fourth-order valence-corrected chi connectivity index (χ4v) is 3.25. The lowest BCUT2D eigenvalue weighted by atomic mass is 9.75. The van der Waals surface area contributed by atoms with Gasteiger partial charge in [-0.05, 0) is 61.1 Å². The number of benzene rings is 2. The van der Waals surface area contributed by atoms with Crippen molar-refractivity contribution in [3.05, 3.63) is 69.9 Å². The van der Waals surface area contributed by atoms with Gasteiger partial charge < -0.3 is 5.32 Å². The minimum absolute atomic E-state index is 0.164. The fraction of sp³-hybridized carbons (Fsp3) is 0.333. The van der Waals surface area contributed by atoms with E-state index in [1.165, 1.54) is 11.6 Å². The van der Waals surface area contributed by atoms with Crippen LogP contribution in [0.2, 0.25) is 0 Å². The Morgan fingerprint density at radius 1 is 1.14 bits per heavy atom. The average Bonchev–Trinajstić information content (AvgIpc) is 2.43. The zero-order chi connectivity index (χ0) is 14.8. The Morgan fingerprint density at radius 2 is 1.86 bits per heavy atom. The molecule has 0 saturated heterocycles. The smallest absolute Gasteiger partial charge is 0.123 e. The lowest BCUT2D eigenvalue weighted by Crippen LogP contribution is -2.41. The van der Waals surface area contributed by atoms with Gasteiger partial charge in [0, 0.05) is 16.6 Å². The summed E-state index contributed by atoms with van der Waals surface area (Å²) in [5, 5.41) is 3.60. The molecule has 21 heavy (non-hydrogen) atoms. The predicted molar refractivity (Wildman–Crippen MR) is 87.9 cm³/mol. The number of rotatable bonds is 4. The topological polar surface area (TPSA) is 12.0 Å². The largest absolute Gasteiger partial charge is 0.307 e. The van der Waals surface area contributed by atoms with E-state index in [-0.39, 0.29) is 11.9 Å². The minimum atomic E-state index is -0.164. The van der Waals surface area contributed by atoms with Crippen LogP contribution in [-0.2, 0) is 0 Å². The summed E-state index contributed by atoms with van der Waals surface area (Å²) in [5.41, 5.74) is 2.43. The van der Waals surface area contributed by atoms with E-state index in [4.69, 9.17) is 0 Å². The predicted octanol–water partition coefficient (Wildman–Crippen LogP) is 5.19. The second-order valence-corrected chi connectivity index (χ2v) is 6.78. The van der Waals surface area contributed by atoms with Crippen LogP contribution in [0.4, 0.5) is 4.39 Å².